The third-order valence-corrected chi connectivity index (χ3v) is 4.29. The Morgan fingerprint density at radius 1 is 1.15 bits per heavy atom. The van der Waals surface area contributed by atoms with Crippen molar-refractivity contribution in [1.29, 1.82) is 0 Å². The summed E-state index contributed by atoms with van der Waals surface area (Å²) in [5.74, 6) is -0.129. The van der Waals surface area contributed by atoms with Crippen LogP contribution in [0.5, 0.6) is 11.5 Å². The third-order valence-electron chi connectivity index (χ3n) is 3.44. The number of ether oxygens (including phenoxy) is 2. The van der Waals surface area contributed by atoms with Crippen LogP contribution in [0, 0.1) is 0 Å². The van der Waals surface area contributed by atoms with Gasteiger partial charge in [0.25, 0.3) is 0 Å². The maximum absolute atomic E-state index is 12.6. The molecule has 0 saturated carbocycles. The van der Waals surface area contributed by atoms with Crippen molar-refractivity contribution in [3.8, 4) is 11.5 Å². The Morgan fingerprint density at radius 3 is 2.54 bits per heavy atom. The zero-order valence-electron chi connectivity index (χ0n) is 13.9. The molecular weight excluding hydrogens is 369 g/mol. The van der Waals surface area contributed by atoms with Crippen molar-refractivity contribution in [3.05, 3.63) is 53.6 Å². The van der Waals surface area contributed by atoms with Crippen molar-refractivity contribution >= 4 is 17.7 Å². The summed E-state index contributed by atoms with van der Waals surface area (Å²) in [6.45, 7) is -0.0515. The fourth-order valence-corrected chi connectivity index (χ4v) is 2.89. The molecule has 2 aromatic carbocycles. The number of rotatable bonds is 8. The van der Waals surface area contributed by atoms with Crippen molar-refractivity contribution < 1.29 is 32.5 Å². The molecule has 0 aliphatic carbocycles. The standard InChI is InChI=1S/C18H17F3O4S/c1-24-15-10-12(7-9-17(22)23)6-8-14(15)25-11-13-4-2-3-5-16(13)26-18(19,20)21/h2-6,8,10H,7,9,11H2,1H3,(H,22,23). The van der Waals surface area contributed by atoms with Gasteiger partial charge in [0.15, 0.2) is 11.5 Å². The predicted octanol–water partition coefficient (Wildman–Crippen LogP) is 4.90. The minimum atomic E-state index is -4.38. The molecule has 26 heavy (non-hydrogen) atoms. The molecule has 0 aromatic heterocycles. The van der Waals surface area contributed by atoms with Crippen LogP contribution in [-0.2, 0) is 17.8 Å². The maximum atomic E-state index is 12.6. The molecule has 0 aliphatic heterocycles. The van der Waals surface area contributed by atoms with Gasteiger partial charge in [-0.25, -0.2) is 0 Å². The molecule has 4 nitrogen and oxygen atoms in total. The Bertz CT molecular complexity index is 762. The van der Waals surface area contributed by atoms with E-state index in [2.05, 4.69) is 0 Å². The molecule has 0 bridgehead atoms. The highest BCUT2D eigenvalue weighted by molar-refractivity contribution is 8.00. The first-order valence-corrected chi connectivity index (χ1v) is 8.45. The van der Waals surface area contributed by atoms with Crippen molar-refractivity contribution in [2.24, 2.45) is 0 Å². The van der Waals surface area contributed by atoms with Crippen molar-refractivity contribution in [1.82, 2.24) is 0 Å². The number of aryl methyl sites for hydroxylation is 1. The average molecular weight is 386 g/mol. The van der Waals surface area contributed by atoms with E-state index in [4.69, 9.17) is 14.6 Å². The summed E-state index contributed by atoms with van der Waals surface area (Å²) in [4.78, 5) is 10.7. The van der Waals surface area contributed by atoms with Crippen LogP contribution in [0.4, 0.5) is 13.2 Å². The Balaban J connectivity index is 2.11. The number of benzene rings is 2. The van der Waals surface area contributed by atoms with Gasteiger partial charge in [-0.3, -0.25) is 4.79 Å². The third kappa shape index (κ3) is 6.18. The lowest BCUT2D eigenvalue weighted by molar-refractivity contribution is -0.136. The normalized spacial score (nSPS) is 11.2. The fourth-order valence-electron chi connectivity index (χ4n) is 2.24. The van der Waals surface area contributed by atoms with Crippen molar-refractivity contribution in [2.45, 2.75) is 29.9 Å². The summed E-state index contributed by atoms with van der Waals surface area (Å²) < 4.78 is 48.8. The van der Waals surface area contributed by atoms with Crippen LogP contribution >= 0.6 is 11.8 Å². The average Bonchev–Trinajstić information content (AvgIpc) is 2.58. The van der Waals surface area contributed by atoms with Crippen LogP contribution in [-0.4, -0.2) is 23.7 Å². The number of methoxy groups -OCH3 is 1. The van der Waals surface area contributed by atoms with Gasteiger partial charge in [0.05, 0.1) is 7.11 Å². The Kier molecular flexibility index (Phi) is 6.79. The number of hydrogen-bond acceptors (Lipinski definition) is 4. The lowest BCUT2D eigenvalue weighted by Gasteiger charge is -2.14. The van der Waals surface area contributed by atoms with Crippen LogP contribution in [0.1, 0.15) is 17.5 Å². The van der Waals surface area contributed by atoms with Gasteiger partial charge in [-0.2, -0.15) is 13.2 Å². The summed E-state index contributed by atoms with van der Waals surface area (Å²) in [6.07, 6.45) is 0.336. The smallest absolute Gasteiger partial charge is 0.446 e. The number of carboxylic acids is 1. The first-order valence-electron chi connectivity index (χ1n) is 7.63. The lowest BCUT2D eigenvalue weighted by Crippen LogP contribution is -2.04. The van der Waals surface area contributed by atoms with Crippen LogP contribution < -0.4 is 9.47 Å². The Hall–Kier alpha value is -2.35. The Labute approximate surface area is 152 Å². The van der Waals surface area contributed by atoms with E-state index >= 15 is 0 Å². The largest absolute Gasteiger partial charge is 0.493 e. The van der Waals surface area contributed by atoms with Gasteiger partial charge in [0, 0.05) is 16.9 Å². The van der Waals surface area contributed by atoms with Gasteiger partial charge in [-0.15, -0.1) is 0 Å². The highest BCUT2D eigenvalue weighted by Crippen LogP contribution is 2.39. The molecule has 0 atom stereocenters. The number of carboxylic acid groups (broad SMARTS) is 1. The molecule has 0 radical (unpaired) electrons. The first kappa shape index (κ1) is 20.0. The second-order valence-electron chi connectivity index (χ2n) is 5.32. The number of hydrogen-bond donors (Lipinski definition) is 1. The zero-order chi connectivity index (χ0) is 19.2. The van der Waals surface area contributed by atoms with Crippen molar-refractivity contribution in [2.75, 3.05) is 7.11 Å². The number of alkyl halides is 3. The SMILES string of the molecule is COc1cc(CCC(=O)O)ccc1OCc1ccccc1SC(F)(F)F. The number of thioether (sulfide) groups is 1. The second kappa shape index (κ2) is 8.84. The van der Waals surface area contributed by atoms with Crippen LogP contribution in [0.25, 0.3) is 0 Å². The van der Waals surface area contributed by atoms with Gasteiger partial charge in [0.2, 0.25) is 0 Å². The van der Waals surface area contributed by atoms with Gasteiger partial charge in [-0.1, -0.05) is 24.3 Å². The molecule has 0 heterocycles. The van der Waals surface area contributed by atoms with E-state index < -0.39 is 11.5 Å². The van der Waals surface area contributed by atoms with E-state index in [0.29, 0.717) is 23.5 Å². The van der Waals surface area contributed by atoms with E-state index in [1.807, 2.05) is 0 Å². The molecule has 0 spiro atoms. The molecule has 2 rings (SSSR count). The van der Waals surface area contributed by atoms with Gasteiger partial charge >= 0.3 is 11.5 Å². The Morgan fingerprint density at radius 2 is 1.88 bits per heavy atom. The number of carbonyl (C=O) groups is 1. The van der Waals surface area contributed by atoms with Crippen LogP contribution in [0.2, 0.25) is 0 Å². The lowest BCUT2D eigenvalue weighted by atomic mass is 10.1. The fraction of sp³-hybridized carbons (Fsp3) is 0.278. The molecule has 2 aromatic rings. The second-order valence-corrected chi connectivity index (χ2v) is 6.43. The quantitative estimate of drug-likeness (QED) is 0.654. The van der Waals surface area contributed by atoms with E-state index in [-0.39, 0.29) is 29.7 Å². The van der Waals surface area contributed by atoms with E-state index in [0.717, 1.165) is 5.56 Å². The summed E-state index contributed by atoms with van der Waals surface area (Å²) >= 11 is -0.183. The molecule has 0 unspecified atom stereocenters. The molecule has 0 amide bonds. The number of halogens is 3. The highest BCUT2D eigenvalue weighted by atomic mass is 32.2. The molecule has 8 heteroatoms. The predicted molar refractivity (Wildman–Crippen MR) is 91.6 cm³/mol. The van der Waals surface area contributed by atoms with Gasteiger partial charge in [0.1, 0.15) is 6.61 Å². The molecule has 0 aliphatic rings. The monoisotopic (exact) mass is 386 g/mol. The van der Waals surface area contributed by atoms with Crippen molar-refractivity contribution in [3.63, 3.8) is 0 Å². The summed E-state index contributed by atoms with van der Waals surface area (Å²) in [6, 6.07) is 11.1. The van der Waals surface area contributed by atoms with Crippen LogP contribution in [0.3, 0.4) is 0 Å². The topological polar surface area (TPSA) is 55.8 Å². The van der Waals surface area contributed by atoms with E-state index in [9.17, 15) is 18.0 Å². The van der Waals surface area contributed by atoms with E-state index in [1.54, 1.807) is 30.3 Å². The molecule has 0 saturated heterocycles. The van der Waals surface area contributed by atoms with Crippen LogP contribution in [0.15, 0.2) is 47.4 Å². The summed E-state index contributed by atoms with van der Waals surface area (Å²) in [5, 5.41) is 8.73. The van der Waals surface area contributed by atoms with E-state index in [1.165, 1.54) is 19.2 Å². The molecular formula is C18H17F3O4S. The molecule has 0 fully saturated rings. The summed E-state index contributed by atoms with van der Waals surface area (Å²) in [5.41, 5.74) is -3.20. The minimum absolute atomic E-state index is 0.00853. The molecule has 1 N–H and O–H groups in total. The maximum Gasteiger partial charge on any atom is 0.446 e. The van der Waals surface area contributed by atoms with Gasteiger partial charge < -0.3 is 14.6 Å². The first-order chi connectivity index (χ1) is 12.3. The van der Waals surface area contributed by atoms with Gasteiger partial charge in [-0.05, 0) is 41.9 Å². The highest BCUT2D eigenvalue weighted by Gasteiger charge is 2.30. The number of aliphatic carboxylic acids is 1. The molecule has 140 valence electrons. The zero-order valence-corrected chi connectivity index (χ0v) is 14.7. The summed E-state index contributed by atoms with van der Waals surface area (Å²) in [7, 11) is 1.44. The minimum Gasteiger partial charge on any atom is -0.493 e.